The van der Waals surface area contributed by atoms with Crippen molar-refractivity contribution in [3.8, 4) is 6.07 Å². The summed E-state index contributed by atoms with van der Waals surface area (Å²) in [7, 11) is 0. The number of likely N-dealkylation sites (N-methyl/N-ethyl adjacent to an activating group) is 1. The Hall–Kier alpha value is -1.59. The lowest BCUT2D eigenvalue weighted by molar-refractivity contribution is 0.778. The van der Waals surface area contributed by atoms with Gasteiger partial charge in [-0.2, -0.15) is 5.26 Å². The van der Waals surface area contributed by atoms with Gasteiger partial charge in [0.15, 0.2) is 0 Å². The fourth-order valence-corrected chi connectivity index (χ4v) is 1.36. The molecule has 1 N–H and O–H groups in total. The Kier molecular flexibility index (Phi) is 4.59. The Morgan fingerprint density at radius 2 is 2.20 bits per heavy atom. The van der Waals surface area contributed by atoms with Crippen LogP contribution in [0.25, 0.3) is 6.08 Å². The maximum absolute atomic E-state index is 8.91. The molecule has 0 aliphatic heterocycles. The van der Waals surface area contributed by atoms with E-state index in [1.807, 2.05) is 24.3 Å². The lowest BCUT2D eigenvalue weighted by Crippen LogP contribution is -2.14. The smallest absolute Gasteiger partial charge is 0.0997 e. The number of hydrogen-bond donors (Lipinski definition) is 1. The van der Waals surface area contributed by atoms with Gasteiger partial charge in [0.25, 0.3) is 0 Å². The van der Waals surface area contributed by atoms with E-state index in [9.17, 15) is 0 Å². The Morgan fingerprint density at radius 3 is 2.87 bits per heavy atom. The molecule has 0 amide bonds. The van der Waals surface area contributed by atoms with Crippen LogP contribution in [0.2, 0.25) is 0 Å². The summed E-state index contributed by atoms with van der Waals surface area (Å²) in [5, 5.41) is 12.2. The number of rotatable bonds is 4. The van der Waals surface area contributed by atoms with Crippen LogP contribution in [0.5, 0.6) is 0 Å². The van der Waals surface area contributed by atoms with Gasteiger partial charge in [0.05, 0.1) is 11.6 Å². The van der Waals surface area contributed by atoms with Gasteiger partial charge >= 0.3 is 0 Å². The highest BCUT2D eigenvalue weighted by atomic mass is 14.8. The molecule has 0 atom stereocenters. The van der Waals surface area contributed by atoms with Crippen LogP contribution >= 0.6 is 0 Å². The third kappa shape index (κ3) is 3.57. The molecule has 0 unspecified atom stereocenters. The van der Waals surface area contributed by atoms with Gasteiger partial charge in [-0.25, -0.2) is 0 Å². The topological polar surface area (TPSA) is 35.8 Å². The molecule has 78 valence electrons. The van der Waals surface area contributed by atoms with E-state index in [0.717, 1.165) is 24.2 Å². The largest absolute Gasteiger partial charge is 0.313 e. The molecule has 0 radical (unpaired) electrons. The molecule has 0 aliphatic carbocycles. The molecule has 0 bridgehead atoms. The Bertz CT molecular complexity index is 386. The van der Waals surface area contributed by atoms with E-state index in [2.05, 4.69) is 31.3 Å². The van der Waals surface area contributed by atoms with Gasteiger partial charge in [-0.1, -0.05) is 36.8 Å². The molecule has 0 spiro atoms. The molecule has 1 aromatic carbocycles. The van der Waals surface area contributed by atoms with Crippen LogP contribution in [0.4, 0.5) is 0 Å². The van der Waals surface area contributed by atoms with Crippen molar-refractivity contribution in [3.05, 3.63) is 41.0 Å². The predicted octanol–water partition coefficient (Wildman–Crippen LogP) is 2.57. The monoisotopic (exact) mass is 200 g/mol. The van der Waals surface area contributed by atoms with E-state index in [1.54, 1.807) is 0 Å². The molecular weight excluding hydrogens is 184 g/mol. The van der Waals surface area contributed by atoms with E-state index in [4.69, 9.17) is 5.26 Å². The lowest BCUT2D eigenvalue weighted by Gasteiger charge is -2.03. The second kappa shape index (κ2) is 6.00. The summed E-state index contributed by atoms with van der Waals surface area (Å²) in [5.41, 5.74) is 2.96. The average molecular weight is 200 g/mol. The van der Waals surface area contributed by atoms with E-state index in [0.29, 0.717) is 0 Å². The van der Waals surface area contributed by atoms with Crippen LogP contribution < -0.4 is 5.32 Å². The third-order valence-electron chi connectivity index (χ3n) is 2.14. The number of hydrogen-bond acceptors (Lipinski definition) is 2. The van der Waals surface area contributed by atoms with Crippen molar-refractivity contribution in [3.63, 3.8) is 0 Å². The molecular formula is C13H16N2. The van der Waals surface area contributed by atoms with Crippen molar-refractivity contribution >= 4 is 6.08 Å². The molecule has 0 heterocycles. The minimum atomic E-state index is 0.730. The van der Waals surface area contributed by atoms with E-state index in [1.165, 1.54) is 5.57 Å². The Morgan fingerprint density at radius 1 is 1.47 bits per heavy atom. The van der Waals surface area contributed by atoms with Gasteiger partial charge in [0.2, 0.25) is 0 Å². The minimum Gasteiger partial charge on any atom is -0.313 e. The van der Waals surface area contributed by atoms with Crippen LogP contribution in [0, 0.1) is 11.3 Å². The molecule has 15 heavy (non-hydrogen) atoms. The number of benzene rings is 1. The molecule has 2 heteroatoms. The standard InChI is InChI=1S/C13H16N2/c1-3-15-10-11(2)8-12-6-4-5-7-13(12)9-14/h4-8,15H,3,10H2,1-2H3/b11-8+. The first-order valence-electron chi connectivity index (χ1n) is 5.15. The zero-order valence-corrected chi connectivity index (χ0v) is 9.25. The van der Waals surface area contributed by atoms with Crippen LogP contribution in [0.1, 0.15) is 25.0 Å². The van der Waals surface area contributed by atoms with Crippen molar-refractivity contribution < 1.29 is 0 Å². The first kappa shape index (κ1) is 11.5. The summed E-state index contributed by atoms with van der Waals surface area (Å²) in [6.07, 6.45) is 2.06. The van der Waals surface area contributed by atoms with Crippen molar-refractivity contribution in [1.82, 2.24) is 5.32 Å². The Labute approximate surface area is 91.2 Å². The number of nitrogens with zero attached hydrogens (tertiary/aromatic N) is 1. The van der Waals surface area contributed by atoms with Crippen LogP contribution in [0.3, 0.4) is 0 Å². The summed E-state index contributed by atoms with van der Waals surface area (Å²) >= 11 is 0. The van der Waals surface area contributed by atoms with Crippen molar-refractivity contribution in [1.29, 1.82) is 5.26 Å². The second-order valence-corrected chi connectivity index (χ2v) is 3.47. The second-order valence-electron chi connectivity index (χ2n) is 3.47. The summed E-state index contributed by atoms with van der Waals surface area (Å²) in [4.78, 5) is 0. The highest BCUT2D eigenvalue weighted by Gasteiger charge is 1.97. The van der Waals surface area contributed by atoms with Gasteiger partial charge in [-0.15, -0.1) is 0 Å². The zero-order valence-electron chi connectivity index (χ0n) is 9.25. The quantitative estimate of drug-likeness (QED) is 0.810. The van der Waals surface area contributed by atoms with Gasteiger partial charge in [0.1, 0.15) is 0 Å². The summed E-state index contributed by atoms with van der Waals surface area (Å²) < 4.78 is 0. The fourth-order valence-electron chi connectivity index (χ4n) is 1.36. The fraction of sp³-hybridized carbons (Fsp3) is 0.308. The van der Waals surface area contributed by atoms with Crippen LogP contribution in [-0.2, 0) is 0 Å². The molecule has 0 fully saturated rings. The zero-order chi connectivity index (χ0) is 11.1. The van der Waals surface area contributed by atoms with E-state index < -0.39 is 0 Å². The van der Waals surface area contributed by atoms with Crippen molar-refractivity contribution in [2.24, 2.45) is 0 Å². The molecule has 0 aromatic heterocycles. The van der Waals surface area contributed by atoms with Gasteiger partial charge < -0.3 is 5.32 Å². The SMILES string of the molecule is CCNC/C(C)=C/c1ccccc1C#N. The minimum absolute atomic E-state index is 0.730. The van der Waals surface area contributed by atoms with Crippen molar-refractivity contribution in [2.45, 2.75) is 13.8 Å². The lowest BCUT2D eigenvalue weighted by atomic mass is 10.1. The molecule has 0 saturated carbocycles. The summed E-state index contributed by atoms with van der Waals surface area (Å²) in [6, 6.07) is 9.83. The molecule has 0 aliphatic rings. The maximum Gasteiger partial charge on any atom is 0.0997 e. The first-order chi connectivity index (χ1) is 7.27. The highest BCUT2D eigenvalue weighted by Crippen LogP contribution is 2.11. The van der Waals surface area contributed by atoms with Gasteiger partial charge in [-0.3, -0.25) is 0 Å². The number of nitriles is 1. The normalized spacial score (nSPS) is 11.1. The predicted molar refractivity (Wildman–Crippen MR) is 63.4 cm³/mol. The number of nitrogens with one attached hydrogen (secondary N) is 1. The Balaban J connectivity index is 2.83. The summed E-state index contributed by atoms with van der Waals surface area (Å²) in [6.45, 7) is 5.98. The third-order valence-corrected chi connectivity index (χ3v) is 2.14. The van der Waals surface area contributed by atoms with Crippen molar-refractivity contribution in [2.75, 3.05) is 13.1 Å². The molecule has 1 rings (SSSR count). The van der Waals surface area contributed by atoms with Crippen LogP contribution in [0.15, 0.2) is 29.8 Å². The average Bonchev–Trinajstić information content (AvgIpc) is 2.27. The van der Waals surface area contributed by atoms with Gasteiger partial charge in [0, 0.05) is 6.54 Å². The summed E-state index contributed by atoms with van der Waals surface area (Å²) in [5.74, 6) is 0. The first-order valence-corrected chi connectivity index (χ1v) is 5.15. The van der Waals surface area contributed by atoms with Gasteiger partial charge in [-0.05, 0) is 25.1 Å². The van der Waals surface area contributed by atoms with E-state index in [-0.39, 0.29) is 0 Å². The molecule has 0 saturated heterocycles. The van der Waals surface area contributed by atoms with Crippen LogP contribution in [-0.4, -0.2) is 13.1 Å². The highest BCUT2D eigenvalue weighted by molar-refractivity contribution is 5.60. The molecule has 2 nitrogen and oxygen atoms in total. The molecule has 1 aromatic rings. The van der Waals surface area contributed by atoms with E-state index >= 15 is 0 Å². The maximum atomic E-state index is 8.91.